The number of likely N-dealkylation sites (tertiary alicyclic amines) is 1. The molecule has 0 radical (unpaired) electrons. The topological polar surface area (TPSA) is 3.24 Å². The first-order valence-corrected chi connectivity index (χ1v) is 5.04. The highest BCUT2D eigenvalue weighted by molar-refractivity contribution is 4.99. The molecule has 1 nitrogen and oxygen atoms in total. The molecule has 0 saturated carbocycles. The van der Waals surface area contributed by atoms with E-state index in [9.17, 15) is 0 Å². The highest BCUT2D eigenvalue weighted by atomic mass is 15.3. The Hall–Kier alpha value is -0.0400. The van der Waals surface area contributed by atoms with Crippen LogP contribution in [0.1, 0.15) is 52.6 Å². The van der Waals surface area contributed by atoms with Gasteiger partial charge in [-0.15, -0.1) is 0 Å². The van der Waals surface area contributed by atoms with Crippen molar-refractivity contribution < 1.29 is 4.11 Å². The summed E-state index contributed by atoms with van der Waals surface area (Å²) < 4.78 is 24.9. The monoisotopic (exact) mass is 186 g/mol. The molecule has 78 valence electrons. The van der Waals surface area contributed by atoms with Crippen LogP contribution in [0.4, 0.5) is 0 Å². The molecule has 1 saturated heterocycles. The van der Waals surface area contributed by atoms with Gasteiger partial charge in [-0.2, -0.15) is 0 Å². The van der Waals surface area contributed by atoms with Crippen LogP contribution in [0, 0.1) is 11.3 Å². The van der Waals surface area contributed by atoms with Crippen molar-refractivity contribution >= 4 is 0 Å². The summed E-state index contributed by atoms with van der Waals surface area (Å²) in [5.74, 6) is -0.272. The van der Waals surface area contributed by atoms with Crippen molar-refractivity contribution in [3.05, 3.63) is 0 Å². The molecule has 0 aromatic heterocycles. The molecular weight excluding hydrogens is 158 g/mol. The zero-order valence-corrected chi connectivity index (χ0v) is 10.0. The van der Waals surface area contributed by atoms with Crippen LogP contribution < -0.4 is 0 Å². The first-order chi connectivity index (χ1) is 6.73. The minimum atomic E-state index is -1.40. The number of hydrogen-bond acceptors (Lipinski definition) is 1. The summed E-state index contributed by atoms with van der Waals surface area (Å²) in [7, 11) is 0. The Morgan fingerprint density at radius 1 is 1.23 bits per heavy atom. The Kier molecular flexibility index (Phi) is 1.67. The van der Waals surface area contributed by atoms with Gasteiger partial charge in [0.1, 0.15) is 0 Å². The van der Waals surface area contributed by atoms with Gasteiger partial charge in [0.15, 0.2) is 0 Å². The molecule has 1 heterocycles. The Morgan fingerprint density at radius 3 is 1.92 bits per heavy atom. The van der Waals surface area contributed by atoms with E-state index in [4.69, 9.17) is 4.11 Å². The van der Waals surface area contributed by atoms with E-state index in [1.165, 1.54) is 0 Å². The van der Waals surface area contributed by atoms with Crippen LogP contribution in [0.5, 0.6) is 0 Å². The van der Waals surface area contributed by atoms with Crippen molar-refractivity contribution in [2.45, 2.75) is 60.0 Å². The van der Waals surface area contributed by atoms with E-state index in [1.807, 2.05) is 48.5 Å². The summed E-state index contributed by atoms with van der Waals surface area (Å²) in [5.41, 5.74) is -0.510. The van der Waals surface area contributed by atoms with E-state index < -0.39 is 12.5 Å². The minimum absolute atomic E-state index is 0.193. The molecule has 2 atom stereocenters. The summed E-state index contributed by atoms with van der Waals surface area (Å²) in [6.45, 7) is 12.4. The molecule has 0 amide bonds. The lowest BCUT2D eigenvalue weighted by Crippen LogP contribution is -2.64. The molecule has 0 bridgehead atoms. The normalized spacial score (nSPS) is 44.5. The molecule has 0 spiro atoms. The predicted octanol–water partition coefficient (Wildman–Crippen LogP) is 3.15. The fourth-order valence-electron chi connectivity index (χ4n) is 1.93. The van der Waals surface area contributed by atoms with Crippen molar-refractivity contribution in [2.75, 3.05) is 6.50 Å². The van der Waals surface area contributed by atoms with Crippen LogP contribution in [-0.4, -0.2) is 23.0 Å². The first-order valence-electron chi connectivity index (χ1n) is 6.54. The van der Waals surface area contributed by atoms with E-state index in [-0.39, 0.29) is 16.9 Å². The van der Waals surface area contributed by atoms with Gasteiger partial charge >= 0.3 is 0 Å². The lowest BCUT2D eigenvalue weighted by molar-refractivity contribution is -0.0881. The smallest absolute Gasteiger partial charge is 0.0468 e. The zero-order chi connectivity index (χ0) is 13.2. The molecule has 2 unspecified atom stereocenters. The molecule has 1 rings (SSSR count). The summed E-state index contributed by atoms with van der Waals surface area (Å²) in [5, 5.41) is 0. The van der Waals surface area contributed by atoms with E-state index in [1.54, 1.807) is 4.90 Å². The van der Waals surface area contributed by atoms with E-state index in [2.05, 4.69) is 0 Å². The first kappa shape index (κ1) is 7.28. The van der Waals surface area contributed by atoms with Crippen LogP contribution in [0.15, 0.2) is 0 Å². The third-order valence-corrected chi connectivity index (χ3v) is 2.57. The largest absolute Gasteiger partial charge is 0.295 e. The van der Waals surface area contributed by atoms with E-state index >= 15 is 0 Å². The SMILES string of the molecule is [2H]C1([2H])C(C(C)(C)C)C([2H])(C)N1C(C)(C)C. The summed E-state index contributed by atoms with van der Waals surface area (Å²) >= 11 is 0. The van der Waals surface area contributed by atoms with E-state index in [0.29, 0.717) is 0 Å². The third kappa shape index (κ3) is 2.07. The highest BCUT2D eigenvalue weighted by Gasteiger charge is 2.46. The summed E-state index contributed by atoms with van der Waals surface area (Å²) in [4.78, 5) is 1.68. The number of hydrogen-bond donors (Lipinski definition) is 0. The fourth-order valence-corrected chi connectivity index (χ4v) is 1.93. The zero-order valence-electron chi connectivity index (χ0n) is 13.0. The molecule has 1 heteroatoms. The Morgan fingerprint density at radius 2 is 1.69 bits per heavy atom. The third-order valence-electron chi connectivity index (χ3n) is 2.57. The van der Waals surface area contributed by atoms with Gasteiger partial charge in [-0.3, -0.25) is 4.90 Å². The van der Waals surface area contributed by atoms with Crippen LogP contribution >= 0.6 is 0 Å². The molecule has 1 fully saturated rings. The van der Waals surface area contributed by atoms with Gasteiger partial charge in [0.05, 0.1) is 0 Å². The van der Waals surface area contributed by atoms with Crippen molar-refractivity contribution in [2.24, 2.45) is 11.3 Å². The van der Waals surface area contributed by atoms with Gasteiger partial charge in [0.2, 0.25) is 0 Å². The number of rotatable bonds is 0. The maximum Gasteiger partial charge on any atom is 0.0468 e. The molecule has 0 aromatic carbocycles. The van der Waals surface area contributed by atoms with Crippen LogP contribution in [0.2, 0.25) is 0 Å². The highest BCUT2D eigenvalue weighted by Crippen LogP contribution is 2.42. The average Bonchev–Trinajstić information content (AvgIpc) is 1.69. The van der Waals surface area contributed by atoms with Gasteiger partial charge in [-0.05, 0) is 39.0 Å². The Labute approximate surface area is 87.7 Å². The molecule has 0 aromatic rings. The van der Waals surface area contributed by atoms with Crippen LogP contribution in [0.3, 0.4) is 0 Å². The van der Waals surface area contributed by atoms with Crippen molar-refractivity contribution in [1.82, 2.24) is 4.90 Å². The standard InChI is InChI=1S/C12H25N/c1-9-10(11(2,3)4)8-13(9)12(5,6)7/h9-10H,8H2,1-7H3/i8D2,9D. The second-order valence-electron chi connectivity index (χ2n) is 6.08. The van der Waals surface area contributed by atoms with Crippen molar-refractivity contribution in [1.29, 1.82) is 0 Å². The minimum Gasteiger partial charge on any atom is -0.295 e. The van der Waals surface area contributed by atoms with Gasteiger partial charge in [-0.25, -0.2) is 0 Å². The molecule has 1 aliphatic heterocycles. The Bertz CT molecular complexity index is 242. The second-order valence-corrected chi connectivity index (χ2v) is 6.08. The quantitative estimate of drug-likeness (QED) is 0.562. The second kappa shape index (κ2) is 2.98. The molecule has 0 aliphatic carbocycles. The maximum atomic E-state index is 8.43. The lowest BCUT2D eigenvalue weighted by Gasteiger charge is -2.57. The maximum absolute atomic E-state index is 8.43. The van der Waals surface area contributed by atoms with Gasteiger partial charge in [-0.1, -0.05) is 20.8 Å². The predicted molar refractivity (Wildman–Crippen MR) is 58.9 cm³/mol. The molecule has 0 N–H and O–H groups in total. The van der Waals surface area contributed by atoms with E-state index in [0.717, 1.165) is 0 Å². The summed E-state index contributed by atoms with van der Waals surface area (Å²) in [6, 6.07) is -0.833. The number of nitrogens with zero attached hydrogens (tertiary/aromatic N) is 1. The Balaban J connectivity index is 3.15. The van der Waals surface area contributed by atoms with Gasteiger partial charge < -0.3 is 0 Å². The summed E-state index contributed by atoms with van der Waals surface area (Å²) in [6.07, 6.45) is 0. The lowest BCUT2D eigenvalue weighted by atomic mass is 9.69. The van der Waals surface area contributed by atoms with Crippen LogP contribution in [-0.2, 0) is 0 Å². The fraction of sp³-hybridized carbons (Fsp3) is 1.00. The molecule has 13 heavy (non-hydrogen) atoms. The van der Waals surface area contributed by atoms with Crippen molar-refractivity contribution in [3.8, 4) is 0 Å². The van der Waals surface area contributed by atoms with Crippen LogP contribution in [0.25, 0.3) is 0 Å². The molecular formula is C12H25N. The van der Waals surface area contributed by atoms with Gasteiger partial charge in [0.25, 0.3) is 0 Å². The van der Waals surface area contributed by atoms with Gasteiger partial charge in [0, 0.05) is 22.2 Å². The molecule has 1 aliphatic rings. The average molecular weight is 186 g/mol. The van der Waals surface area contributed by atoms with Crippen molar-refractivity contribution in [3.63, 3.8) is 0 Å².